The molecule has 0 aromatic heterocycles. The molecule has 0 saturated heterocycles. The van der Waals surface area contributed by atoms with Crippen LogP contribution in [0.5, 0.6) is 11.5 Å². The van der Waals surface area contributed by atoms with Gasteiger partial charge in [0, 0.05) is 28.0 Å². The van der Waals surface area contributed by atoms with Crippen LogP contribution in [0.15, 0.2) is 46.7 Å². The van der Waals surface area contributed by atoms with Gasteiger partial charge in [-0.3, -0.25) is 0 Å². The molecule has 0 spiro atoms. The second-order valence-corrected chi connectivity index (χ2v) is 6.57. The average molecular weight is 473 g/mol. The van der Waals surface area contributed by atoms with Gasteiger partial charge in [-0.25, -0.2) is 18.4 Å². The van der Waals surface area contributed by atoms with E-state index in [9.17, 15) is 18.4 Å². The summed E-state index contributed by atoms with van der Waals surface area (Å²) in [6, 6.07) is 7.69. The van der Waals surface area contributed by atoms with Gasteiger partial charge in [0.25, 0.3) is 0 Å². The number of hydrogen-bond donors (Lipinski definition) is 0. The Morgan fingerprint density at radius 1 is 1.00 bits per heavy atom. The molecule has 11 heteroatoms. The van der Waals surface area contributed by atoms with E-state index >= 15 is 0 Å². The Hall–Kier alpha value is -4.37. The molecule has 34 heavy (non-hydrogen) atoms. The molecule has 0 amide bonds. The summed E-state index contributed by atoms with van der Waals surface area (Å²) in [6.45, 7) is 0. The third-order valence-electron chi connectivity index (χ3n) is 4.65. The molecule has 3 rings (SSSR count). The normalized spacial score (nSPS) is 11.7. The smallest absolute Gasteiger partial charge is 0.340 e. The van der Waals surface area contributed by atoms with E-state index < -0.39 is 23.6 Å². The summed E-state index contributed by atoms with van der Waals surface area (Å²) >= 11 is 0. The fourth-order valence-electron chi connectivity index (χ4n) is 3.00. The highest BCUT2D eigenvalue weighted by Gasteiger charge is 2.23. The number of benzene rings is 2. The number of nitrogens with zero attached hydrogens (tertiary/aromatic N) is 3. The molecule has 0 unspecified atom stereocenters. The van der Waals surface area contributed by atoms with Crippen molar-refractivity contribution in [1.29, 1.82) is 0 Å². The number of halogens is 2. The van der Waals surface area contributed by atoms with Crippen LogP contribution in [-0.2, 0) is 25.5 Å². The van der Waals surface area contributed by atoms with Crippen LogP contribution in [-0.4, -0.2) is 40.4 Å². The predicted molar refractivity (Wildman–Crippen MR) is 119 cm³/mol. The number of ether oxygens (including phenoxy) is 4. The van der Waals surface area contributed by atoms with Crippen molar-refractivity contribution < 1.29 is 37.3 Å². The van der Waals surface area contributed by atoms with Gasteiger partial charge < -0.3 is 18.9 Å². The molecule has 1 aliphatic rings. The van der Waals surface area contributed by atoms with Gasteiger partial charge in [0.1, 0.15) is 5.70 Å². The number of rotatable bonds is 6. The molecule has 0 bridgehead atoms. The molecule has 0 saturated carbocycles. The van der Waals surface area contributed by atoms with Gasteiger partial charge in [0.2, 0.25) is 0 Å². The zero-order valence-electron chi connectivity index (χ0n) is 18.8. The summed E-state index contributed by atoms with van der Waals surface area (Å²) in [7, 11) is 5.17. The van der Waals surface area contributed by atoms with Crippen molar-refractivity contribution in [3.63, 3.8) is 0 Å². The fourth-order valence-corrected chi connectivity index (χ4v) is 3.00. The maximum atomic E-state index is 13.8. The SMILES string of the molecule is COC(=O)/C(=C\c1cccc(OC)c1F)N=[N+]=[N-].COC(=O)C1=Cc2c(ccc(OC)c2F)C1. The maximum absolute atomic E-state index is 13.8. The lowest BCUT2D eigenvalue weighted by molar-refractivity contribution is -0.136. The first kappa shape index (κ1) is 25.9. The number of hydrogen-bond acceptors (Lipinski definition) is 7. The van der Waals surface area contributed by atoms with Crippen LogP contribution >= 0.6 is 0 Å². The fraction of sp³-hybridized carbons (Fsp3) is 0.217. The lowest BCUT2D eigenvalue weighted by Crippen LogP contribution is -2.03. The minimum absolute atomic E-state index is 0.0221. The minimum Gasteiger partial charge on any atom is -0.494 e. The summed E-state index contributed by atoms with van der Waals surface area (Å²) in [6.07, 6.45) is 3.01. The monoisotopic (exact) mass is 473 g/mol. The Morgan fingerprint density at radius 3 is 2.26 bits per heavy atom. The van der Waals surface area contributed by atoms with Gasteiger partial charge in [0.05, 0.1) is 28.4 Å². The van der Waals surface area contributed by atoms with Gasteiger partial charge >= 0.3 is 11.9 Å². The van der Waals surface area contributed by atoms with Gasteiger partial charge in [-0.1, -0.05) is 23.3 Å². The van der Waals surface area contributed by atoms with Crippen LogP contribution in [0.4, 0.5) is 8.78 Å². The molecular weight excluding hydrogens is 452 g/mol. The predicted octanol–water partition coefficient (Wildman–Crippen LogP) is 4.61. The molecule has 0 heterocycles. The van der Waals surface area contributed by atoms with Crippen molar-refractivity contribution in [3.05, 3.63) is 80.4 Å². The highest BCUT2D eigenvalue weighted by Crippen LogP contribution is 2.32. The van der Waals surface area contributed by atoms with Crippen LogP contribution in [0.25, 0.3) is 22.6 Å². The van der Waals surface area contributed by atoms with E-state index in [1.54, 1.807) is 18.2 Å². The molecule has 1 aliphatic carbocycles. The molecule has 0 radical (unpaired) electrons. The summed E-state index contributed by atoms with van der Waals surface area (Å²) in [5, 5.41) is 3.15. The van der Waals surface area contributed by atoms with Crippen molar-refractivity contribution in [2.45, 2.75) is 6.42 Å². The lowest BCUT2D eigenvalue weighted by atomic mass is 10.1. The molecule has 0 N–H and O–H groups in total. The first-order chi connectivity index (χ1) is 16.3. The van der Waals surface area contributed by atoms with E-state index in [4.69, 9.17) is 15.0 Å². The van der Waals surface area contributed by atoms with E-state index in [1.165, 1.54) is 39.5 Å². The number of methoxy groups -OCH3 is 4. The first-order valence-corrected chi connectivity index (χ1v) is 9.63. The molecule has 0 aliphatic heterocycles. The Bertz CT molecular complexity index is 1200. The van der Waals surface area contributed by atoms with Crippen LogP contribution in [0.1, 0.15) is 16.7 Å². The van der Waals surface area contributed by atoms with Crippen LogP contribution in [0.3, 0.4) is 0 Å². The quantitative estimate of drug-likeness (QED) is 0.199. The van der Waals surface area contributed by atoms with E-state index in [0.29, 0.717) is 17.6 Å². The van der Waals surface area contributed by atoms with Crippen molar-refractivity contribution in [2.75, 3.05) is 28.4 Å². The minimum atomic E-state index is -0.852. The second-order valence-electron chi connectivity index (χ2n) is 6.57. The van der Waals surface area contributed by atoms with E-state index in [0.717, 1.165) is 18.7 Å². The number of carbonyl (C=O) groups is 2. The van der Waals surface area contributed by atoms with Crippen molar-refractivity contribution in [3.8, 4) is 11.5 Å². The molecule has 178 valence electrons. The average Bonchev–Trinajstić information content (AvgIpc) is 3.30. The third kappa shape index (κ3) is 5.90. The van der Waals surface area contributed by atoms with Crippen molar-refractivity contribution >= 4 is 24.1 Å². The lowest BCUT2D eigenvalue weighted by Gasteiger charge is -2.05. The Morgan fingerprint density at radius 2 is 1.68 bits per heavy atom. The van der Waals surface area contributed by atoms with E-state index in [-0.39, 0.29) is 22.8 Å². The van der Waals surface area contributed by atoms with Crippen LogP contribution < -0.4 is 9.47 Å². The Labute approximate surface area is 193 Å². The largest absolute Gasteiger partial charge is 0.494 e. The van der Waals surface area contributed by atoms with Gasteiger partial charge in [-0.2, -0.15) is 0 Å². The summed E-state index contributed by atoms with van der Waals surface area (Å²) in [5.41, 5.74) is 9.69. The van der Waals surface area contributed by atoms with E-state index in [1.807, 2.05) is 0 Å². The van der Waals surface area contributed by atoms with Crippen molar-refractivity contribution in [1.82, 2.24) is 0 Å². The third-order valence-corrected chi connectivity index (χ3v) is 4.65. The van der Waals surface area contributed by atoms with Gasteiger partial charge in [-0.15, -0.1) is 0 Å². The summed E-state index contributed by atoms with van der Waals surface area (Å²) < 4.78 is 46.2. The van der Waals surface area contributed by atoms with E-state index in [2.05, 4.69) is 19.5 Å². The number of esters is 2. The molecular formula is C23H21F2N3O6. The zero-order valence-corrected chi connectivity index (χ0v) is 18.8. The molecule has 0 atom stereocenters. The molecule has 2 aromatic rings. The number of fused-ring (bicyclic) bond motifs is 1. The number of carbonyl (C=O) groups excluding carboxylic acids is 2. The second kappa shape index (κ2) is 12.0. The zero-order chi connectivity index (χ0) is 25.3. The van der Waals surface area contributed by atoms with Crippen LogP contribution in [0, 0.1) is 11.6 Å². The topological polar surface area (TPSA) is 120 Å². The van der Waals surface area contributed by atoms with Crippen LogP contribution in [0.2, 0.25) is 0 Å². The number of azide groups is 1. The first-order valence-electron chi connectivity index (χ1n) is 9.63. The Balaban J connectivity index is 0.000000241. The molecule has 0 fully saturated rings. The van der Waals surface area contributed by atoms with Gasteiger partial charge in [-0.05, 0) is 35.4 Å². The van der Waals surface area contributed by atoms with Gasteiger partial charge in [0.15, 0.2) is 23.1 Å². The maximum Gasteiger partial charge on any atom is 0.340 e. The summed E-state index contributed by atoms with van der Waals surface area (Å²) in [4.78, 5) is 25.0. The molecule has 2 aromatic carbocycles. The van der Waals surface area contributed by atoms with Crippen molar-refractivity contribution in [2.24, 2.45) is 5.11 Å². The highest BCUT2D eigenvalue weighted by molar-refractivity contribution is 5.96. The Kier molecular flexibility index (Phi) is 9.16. The standard InChI is InChI=1S/C12H11FO3.C11H10FN3O3/c1-15-10-4-3-7-5-8(12(14)16-2)6-9(7)11(10)13;1-17-9-5-3-4-7(10(9)12)6-8(14-15-13)11(16)18-2/h3-4,6H,5H2,1-2H3;3-6H,1-2H3/b;8-6+. The highest BCUT2D eigenvalue weighted by atomic mass is 19.1. The summed E-state index contributed by atoms with van der Waals surface area (Å²) in [5.74, 6) is -2.16. The molecule has 9 nitrogen and oxygen atoms in total.